The Labute approximate surface area is 95.0 Å². The summed E-state index contributed by atoms with van der Waals surface area (Å²) in [7, 11) is 0. The van der Waals surface area contributed by atoms with Gasteiger partial charge in [0.2, 0.25) is 5.88 Å². The molecule has 0 radical (unpaired) electrons. The number of hydrogen-bond acceptors (Lipinski definition) is 7. The summed E-state index contributed by atoms with van der Waals surface area (Å²) >= 11 is 0. The standard InChI is InChI=1S/C9H9NO7/c1-4(2)8(13)16-17-9(14)15-5-3-6(11)10-7(5)12/h3,10-12H,1H2,2H3. The molecule has 0 atom stereocenters. The van der Waals surface area contributed by atoms with Crippen molar-refractivity contribution in [2.24, 2.45) is 0 Å². The number of aromatic amines is 1. The first kappa shape index (κ1) is 12.4. The molecule has 1 aromatic rings. The fourth-order valence-electron chi connectivity index (χ4n) is 0.739. The van der Waals surface area contributed by atoms with E-state index in [1.165, 1.54) is 6.92 Å². The zero-order valence-corrected chi connectivity index (χ0v) is 8.72. The molecule has 1 rings (SSSR count). The Hall–Kier alpha value is -2.64. The third kappa shape index (κ3) is 3.45. The van der Waals surface area contributed by atoms with E-state index in [4.69, 9.17) is 10.2 Å². The summed E-state index contributed by atoms with van der Waals surface area (Å²) in [5.74, 6) is -2.31. The maximum Gasteiger partial charge on any atom is 0.555 e. The molecule has 0 spiro atoms. The number of hydrogen-bond donors (Lipinski definition) is 3. The summed E-state index contributed by atoms with van der Waals surface area (Å²) < 4.78 is 4.39. The van der Waals surface area contributed by atoms with Crippen molar-refractivity contribution in [2.75, 3.05) is 0 Å². The molecule has 0 aromatic carbocycles. The third-order valence-corrected chi connectivity index (χ3v) is 1.47. The quantitative estimate of drug-likeness (QED) is 0.306. The Kier molecular flexibility index (Phi) is 3.60. The summed E-state index contributed by atoms with van der Waals surface area (Å²) in [4.78, 5) is 31.8. The number of rotatable bonds is 2. The van der Waals surface area contributed by atoms with Crippen LogP contribution in [0.25, 0.3) is 0 Å². The lowest BCUT2D eigenvalue weighted by atomic mass is 10.4. The van der Waals surface area contributed by atoms with E-state index in [-0.39, 0.29) is 11.3 Å². The van der Waals surface area contributed by atoms with Crippen molar-refractivity contribution >= 4 is 12.1 Å². The highest BCUT2D eigenvalue weighted by atomic mass is 17.2. The molecule has 0 aliphatic carbocycles. The van der Waals surface area contributed by atoms with Gasteiger partial charge in [-0.1, -0.05) is 6.58 Å². The van der Waals surface area contributed by atoms with Crippen molar-refractivity contribution in [1.82, 2.24) is 4.98 Å². The number of carbonyl (C=O) groups is 2. The van der Waals surface area contributed by atoms with Crippen LogP contribution in [0.15, 0.2) is 18.2 Å². The van der Waals surface area contributed by atoms with E-state index in [0.29, 0.717) is 0 Å². The Bertz CT molecular complexity index is 462. The molecule has 92 valence electrons. The van der Waals surface area contributed by atoms with E-state index in [1.54, 1.807) is 0 Å². The second kappa shape index (κ2) is 4.92. The normalized spacial score (nSPS) is 9.47. The number of H-pyrrole nitrogens is 1. The lowest BCUT2D eigenvalue weighted by molar-refractivity contribution is -0.234. The molecular formula is C9H9NO7. The van der Waals surface area contributed by atoms with E-state index in [1.807, 2.05) is 0 Å². The van der Waals surface area contributed by atoms with Crippen molar-refractivity contribution < 1.29 is 34.3 Å². The minimum atomic E-state index is -1.39. The number of carbonyl (C=O) groups excluding carboxylic acids is 2. The van der Waals surface area contributed by atoms with E-state index in [9.17, 15) is 9.59 Å². The van der Waals surface area contributed by atoms with Gasteiger partial charge in [-0.05, 0) is 6.92 Å². The summed E-state index contributed by atoms with van der Waals surface area (Å²) in [6.07, 6.45) is -1.39. The van der Waals surface area contributed by atoms with Crippen molar-refractivity contribution in [1.29, 1.82) is 0 Å². The van der Waals surface area contributed by atoms with Crippen LogP contribution in [0.3, 0.4) is 0 Å². The molecule has 3 N–H and O–H groups in total. The van der Waals surface area contributed by atoms with Gasteiger partial charge >= 0.3 is 12.1 Å². The number of ether oxygens (including phenoxy) is 1. The fraction of sp³-hybridized carbons (Fsp3) is 0.111. The average molecular weight is 243 g/mol. The van der Waals surface area contributed by atoms with E-state index >= 15 is 0 Å². The van der Waals surface area contributed by atoms with Gasteiger partial charge in [0.1, 0.15) is 0 Å². The summed E-state index contributed by atoms with van der Waals surface area (Å²) in [6, 6.07) is 0.928. The third-order valence-electron chi connectivity index (χ3n) is 1.47. The minimum absolute atomic E-state index is 0.0277. The molecule has 0 saturated heterocycles. The van der Waals surface area contributed by atoms with Crippen LogP contribution >= 0.6 is 0 Å². The van der Waals surface area contributed by atoms with Gasteiger partial charge in [-0.25, -0.2) is 14.6 Å². The van der Waals surface area contributed by atoms with E-state index in [0.717, 1.165) is 6.07 Å². The van der Waals surface area contributed by atoms with Crippen molar-refractivity contribution in [3.63, 3.8) is 0 Å². The lowest BCUT2D eigenvalue weighted by Crippen LogP contribution is -2.14. The predicted molar refractivity (Wildman–Crippen MR) is 52.1 cm³/mol. The molecule has 0 saturated carbocycles. The second-order valence-corrected chi connectivity index (χ2v) is 2.95. The van der Waals surface area contributed by atoms with Crippen LogP contribution in [-0.4, -0.2) is 27.3 Å². The van der Waals surface area contributed by atoms with Crippen molar-refractivity contribution in [3.8, 4) is 17.5 Å². The lowest BCUT2D eigenvalue weighted by Gasteiger charge is -2.02. The van der Waals surface area contributed by atoms with Crippen molar-refractivity contribution in [3.05, 3.63) is 18.2 Å². The van der Waals surface area contributed by atoms with Crippen LogP contribution in [0, 0.1) is 0 Å². The second-order valence-electron chi connectivity index (χ2n) is 2.95. The van der Waals surface area contributed by atoms with Crippen molar-refractivity contribution in [2.45, 2.75) is 6.92 Å². The van der Waals surface area contributed by atoms with Gasteiger partial charge in [0.05, 0.1) is 0 Å². The summed E-state index contributed by atoms with van der Waals surface area (Å²) in [5.41, 5.74) is 0.0277. The molecule has 0 aliphatic rings. The fourth-order valence-corrected chi connectivity index (χ4v) is 0.739. The van der Waals surface area contributed by atoms with Gasteiger partial charge in [-0.3, -0.25) is 4.98 Å². The maximum absolute atomic E-state index is 10.9. The highest BCUT2D eigenvalue weighted by molar-refractivity contribution is 5.86. The largest absolute Gasteiger partial charge is 0.555 e. The van der Waals surface area contributed by atoms with Gasteiger partial charge in [0, 0.05) is 11.6 Å². The molecule has 8 heteroatoms. The Morgan fingerprint density at radius 2 is 2.00 bits per heavy atom. The van der Waals surface area contributed by atoms with E-state index in [2.05, 4.69) is 26.1 Å². The highest BCUT2D eigenvalue weighted by Gasteiger charge is 2.16. The zero-order valence-electron chi connectivity index (χ0n) is 8.72. The van der Waals surface area contributed by atoms with Gasteiger partial charge in [-0.2, -0.15) is 4.79 Å². The van der Waals surface area contributed by atoms with Gasteiger partial charge in [0.25, 0.3) is 0 Å². The molecule has 0 fully saturated rings. The molecule has 1 heterocycles. The van der Waals surface area contributed by atoms with Gasteiger partial charge in [0.15, 0.2) is 11.6 Å². The van der Waals surface area contributed by atoms with Crippen LogP contribution in [-0.2, 0) is 14.6 Å². The molecule has 0 amide bonds. The Morgan fingerprint density at radius 1 is 1.35 bits per heavy atom. The number of aromatic nitrogens is 1. The molecule has 8 nitrogen and oxygen atoms in total. The summed E-state index contributed by atoms with van der Waals surface area (Å²) in [5, 5.41) is 18.0. The minimum Gasteiger partial charge on any atom is -0.494 e. The molecule has 0 unspecified atom stereocenters. The number of nitrogens with one attached hydrogen (secondary N) is 1. The first-order valence-electron chi connectivity index (χ1n) is 4.27. The molecule has 0 aliphatic heterocycles. The van der Waals surface area contributed by atoms with Crippen LogP contribution < -0.4 is 4.74 Å². The van der Waals surface area contributed by atoms with Crippen LogP contribution in [0.2, 0.25) is 0 Å². The summed E-state index contributed by atoms with van der Waals surface area (Å²) in [6.45, 7) is 4.60. The zero-order chi connectivity index (χ0) is 13.0. The SMILES string of the molecule is C=C(C)C(=O)OOC(=O)Oc1cc(O)[nH]c1O. The molecule has 1 aromatic heterocycles. The highest BCUT2D eigenvalue weighted by Crippen LogP contribution is 2.29. The smallest absolute Gasteiger partial charge is 0.494 e. The Morgan fingerprint density at radius 3 is 2.47 bits per heavy atom. The topological polar surface area (TPSA) is 118 Å². The molecule has 17 heavy (non-hydrogen) atoms. The van der Waals surface area contributed by atoms with Crippen LogP contribution in [0.5, 0.6) is 17.5 Å². The first-order valence-corrected chi connectivity index (χ1v) is 4.27. The Balaban J connectivity index is 2.48. The first-order chi connectivity index (χ1) is 7.90. The maximum atomic E-state index is 10.9. The average Bonchev–Trinajstić information content (AvgIpc) is 2.53. The van der Waals surface area contributed by atoms with Crippen LogP contribution in [0.4, 0.5) is 4.79 Å². The number of aromatic hydroxyl groups is 2. The monoisotopic (exact) mass is 243 g/mol. The molecule has 0 bridgehead atoms. The van der Waals surface area contributed by atoms with Crippen LogP contribution in [0.1, 0.15) is 6.92 Å². The van der Waals surface area contributed by atoms with Gasteiger partial charge < -0.3 is 14.9 Å². The van der Waals surface area contributed by atoms with E-state index < -0.39 is 23.9 Å². The molecular weight excluding hydrogens is 234 g/mol. The van der Waals surface area contributed by atoms with Gasteiger partial charge in [-0.15, -0.1) is 0 Å². The predicted octanol–water partition coefficient (Wildman–Crippen LogP) is 0.976.